The zero-order chi connectivity index (χ0) is 34.8. The third-order valence-corrected chi connectivity index (χ3v) is 8.46. The maximum absolute atomic E-state index is 14.3. The topological polar surface area (TPSA) is 188 Å². The van der Waals surface area contributed by atoms with E-state index in [2.05, 4.69) is 26.3 Å². The Hall–Kier alpha value is -5.50. The summed E-state index contributed by atoms with van der Waals surface area (Å²) in [5.41, 5.74) is -0.320. The van der Waals surface area contributed by atoms with Crippen molar-refractivity contribution in [1.82, 2.24) is 31.2 Å². The van der Waals surface area contributed by atoms with Gasteiger partial charge in [-0.25, -0.2) is 0 Å². The number of amides is 5. The summed E-state index contributed by atoms with van der Waals surface area (Å²) >= 11 is 0. The van der Waals surface area contributed by atoms with Crippen LogP contribution in [0, 0.1) is 0 Å². The molecule has 0 radical (unpaired) electrons. The van der Waals surface area contributed by atoms with Crippen LogP contribution in [-0.4, -0.2) is 101 Å². The first kappa shape index (κ1) is 34.8. The molecule has 5 amide bonds. The molecule has 3 aliphatic rings. The van der Waals surface area contributed by atoms with Crippen molar-refractivity contribution < 1.29 is 38.6 Å². The van der Waals surface area contributed by atoms with E-state index in [1.54, 1.807) is 71.8 Å². The maximum atomic E-state index is 14.3. The summed E-state index contributed by atoms with van der Waals surface area (Å²) in [6.45, 7) is 1.38. The van der Waals surface area contributed by atoms with Crippen molar-refractivity contribution in [3.8, 4) is 11.5 Å². The highest BCUT2D eigenvalue weighted by molar-refractivity contribution is 5.96. The fourth-order valence-electron chi connectivity index (χ4n) is 5.64. The minimum Gasteiger partial charge on any atom is -0.492 e. The van der Waals surface area contributed by atoms with Gasteiger partial charge in [-0.1, -0.05) is 30.3 Å². The third-order valence-electron chi connectivity index (χ3n) is 8.46. The molecule has 3 aliphatic heterocycles. The van der Waals surface area contributed by atoms with E-state index in [0.29, 0.717) is 17.1 Å². The molecule has 3 aromatic rings. The Balaban J connectivity index is 1.45. The Morgan fingerprint density at radius 1 is 0.878 bits per heavy atom. The van der Waals surface area contributed by atoms with E-state index < -0.39 is 54.0 Å². The lowest BCUT2D eigenvalue weighted by atomic mass is 9.88. The molecule has 14 nitrogen and oxygen atoms in total. The second-order valence-electron chi connectivity index (χ2n) is 11.9. The van der Waals surface area contributed by atoms with Gasteiger partial charge in [-0.15, -0.1) is 0 Å². The van der Waals surface area contributed by atoms with E-state index in [1.807, 2.05) is 6.07 Å². The summed E-state index contributed by atoms with van der Waals surface area (Å²) in [7, 11) is 0. The number of fused-ring (bicyclic) bond motifs is 15. The lowest BCUT2D eigenvalue weighted by Gasteiger charge is -2.41. The molecule has 2 bridgehead atoms. The van der Waals surface area contributed by atoms with Gasteiger partial charge >= 0.3 is 0 Å². The van der Waals surface area contributed by atoms with E-state index in [-0.39, 0.29) is 51.4 Å². The van der Waals surface area contributed by atoms with Gasteiger partial charge in [0.05, 0.1) is 18.7 Å². The van der Waals surface area contributed by atoms with E-state index in [9.17, 15) is 29.1 Å². The monoisotopic (exact) mass is 672 g/mol. The number of pyridine rings is 1. The molecule has 0 aliphatic carbocycles. The number of aliphatic hydroxyl groups excluding tert-OH is 1. The van der Waals surface area contributed by atoms with Crippen LogP contribution in [-0.2, 0) is 25.6 Å². The van der Waals surface area contributed by atoms with E-state index in [1.165, 1.54) is 13.1 Å². The average Bonchev–Trinajstić information content (AvgIpc) is 3.12. The van der Waals surface area contributed by atoms with Gasteiger partial charge in [-0.2, -0.15) is 0 Å². The molecular formula is C35H40N6O8. The van der Waals surface area contributed by atoms with Crippen molar-refractivity contribution in [3.63, 3.8) is 0 Å². The van der Waals surface area contributed by atoms with Crippen LogP contribution >= 0.6 is 0 Å². The first-order chi connectivity index (χ1) is 23.7. The van der Waals surface area contributed by atoms with Crippen LogP contribution in [0.25, 0.3) is 0 Å². The number of hydrogen-bond donors (Lipinski definition) is 5. The largest absolute Gasteiger partial charge is 0.492 e. The molecule has 4 heterocycles. The van der Waals surface area contributed by atoms with Crippen LogP contribution in [0.1, 0.15) is 35.7 Å². The van der Waals surface area contributed by atoms with Gasteiger partial charge in [0, 0.05) is 44.7 Å². The maximum Gasteiger partial charge on any atom is 0.265 e. The molecule has 5 N–H and O–H groups in total. The van der Waals surface area contributed by atoms with Gasteiger partial charge in [-0.3, -0.25) is 29.0 Å². The summed E-state index contributed by atoms with van der Waals surface area (Å²) in [6, 6.07) is 15.5. The average molecular weight is 673 g/mol. The lowest BCUT2D eigenvalue weighted by Crippen LogP contribution is -2.62. The third kappa shape index (κ3) is 8.90. The molecular weight excluding hydrogens is 632 g/mol. The SMILES string of the molecule is C[C@@H]1NC(=O)[C@H](CO)NC(=O)[C@@H](Cc2ccccc2)NC(=O)C2(CCN(C(=O)c3cccnc3)CC2)Oc2ccc(cc2)OCCNC1=O. The van der Waals surface area contributed by atoms with Crippen LogP contribution in [0.3, 0.4) is 0 Å². The highest BCUT2D eigenvalue weighted by atomic mass is 16.5. The molecule has 1 spiro atoms. The second-order valence-corrected chi connectivity index (χ2v) is 11.9. The van der Waals surface area contributed by atoms with Crippen LogP contribution in [0.4, 0.5) is 0 Å². The van der Waals surface area contributed by atoms with Gasteiger partial charge in [0.2, 0.25) is 17.7 Å². The number of likely N-dealkylation sites (tertiary alicyclic amines) is 1. The number of carbonyl (C=O) groups excluding carboxylic acids is 5. The number of carbonyl (C=O) groups is 5. The molecule has 1 saturated heterocycles. The Kier molecular flexibility index (Phi) is 11.4. The molecule has 6 rings (SSSR count). The number of aliphatic hydroxyl groups is 1. The van der Waals surface area contributed by atoms with E-state index >= 15 is 0 Å². The van der Waals surface area contributed by atoms with Gasteiger partial charge < -0.3 is 40.7 Å². The number of nitrogens with zero attached hydrogens (tertiary/aromatic N) is 2. The van der Waals surface area contributed by atoms with Crippen molar-refractivity contribution in [1.29, 1.82) is 0 Å². The summed E-state index contributed by atoms with van der Waals surface area (Å²) < 4.78 is 12.2. The van der Waals surface area contributed by atoms with E-state index in [0.717, 1.165) is 5.56 Å². The van der Waals surface area contributed by atoms with Crippen molar-refractivity contribution in [2.45, 2.75) is 49.9 Å². The minimum atomic E-state index is -1.47. The molecule has 1 fully saturated rings. The number of aromatic nitrogens is 1. The summed E-state index contributed by atoms with van der Waals surface area (Å²) in [6.07, 6.45) is 3.35. The first-order valence-corrected chi connectivity index (χ1v) is 16.1. The van der Waals surface area contributed by atoms with Gasteiger partial charge in [0.25, 0.3) is 11.8 Å². The van der Waals surface area contributed by atoms with Gasteiger partial charge in [0.15, 0.2) is 5.60 Å². The predicted octanol–water partition coefficient (Wildman–Crippen LogP) is 0.353. The summed E-state index contributed by atoms with van der Waals surface area (Å²) in [5.74, 6) is -1.92. The molecule has 258 valence electrons. The molecule has 0 saturated carbocycles. The Bertz CT molecular complexity index is 1610. The lowest BCUT2D eigenvalue weighted by molar-refractivity contribution is -0.144. The quantitative estimate of drug-likeness (QED) is 0.244. The molecule has 1 aromatic heterocycles. The summed E-state index contributed by atoms with van der Waals surface area (Å²) in [4.78, 5) is 72.6. The van der Waals surface area contributed by atoms with Crippen molar-refractivity contribution >= 4 is 29.5 Å². The standard InChI is InChI=1S/C35H40N6O8/c1-23-30(43)37-16-19-48-26-9-11-27(12-10-26)49-35(13-17-41(18-14-35)33(46)25-8-5-15-36-21-25)34(47)40-28(20-24-6-3-2-4-7-24)31(44)39-29(22-42)32(45)38-23/h2-12,15,21,23,28-29,42H,13-14,16-20,22H2,1H3,(H,37,43)(H,38,45)(H,39,44)(H,40,47)/t23-,28+,29-/m0/s1. The zero-order valence-electron chi connectivity index (χ0n) is 27.1. The van der Waals surface area contributed by atoms with Crippen molar-refractivity contribution in [2.24, 2.45) is 0 Å². The van der Waals surface area contributed by atoms with E-state index in [4.69, 9.17) is 9.47 Å². The normalized spacial score (nSPS) is 22.1. The number of nitrogens with one attached hydrogen (secondary N) is 4. The van der Waals surface area contributed by atoms with Gasteiger partial charge in [-0.05, 0) is 48.9 Å². The highest BCUT2D eigenvalue weighted by Crippen LogP contribution is 2.31. The summed E-state index contributed by atoms with van der Waals surface area (Å²) in [5, 5.41) is 20.6. The van der Waals surface area contributed by atoms with Crippen LogP contribution < -0.4 is 30.7 Å². The fraction of sp³-hybridized carbons (Fsp3) is 0.371. The molecule has 3 atom stereocenters. The highest BCUT2D eigenvalue weighted by Gasteiger charge is 2.46. The van der Waals surface area contributed by atoms with Crippen LogP contribution in [0.2, 0.25) is 0 Å². The predicted molar refractivity (Wildman–Crippen MR) is 176 cm³/mol. The Morgan fingerprint density at radius 2 is 1.57 bits per heavy atom. The number of piperidine rings is 1. The number of hydrogen-bond acceptors (Lipinski definition) is 9. The fourth-order valence-corrected chi connectivity index (χ4v) is 5.64. The zero-order valence-corrected chi connectivity index (χ0v) is 27.1. The molecule has 2 aromatic carbocycles. The van der Waals surface area contributed by atoms with Crippen molar-refractivity contribution in [3.05, 3.63) is 90.3 Å². The van der Waals surface area contributed by atoms with Crippen molar-refractivity contribution in [2.75, 3.05) is 32.8 Å². The number of benzene rings is 2. The Labute approximate surface area is 283 Å². The number of ether oxygens (including phenoxy) is 2. The van der Waals surface area contributed by atoms with Crippen LogP contribution in [0.5, 0.6) is 11.5 Å². The van der Waals surface area contributed by atoms with Crippen LogP contribution in [0.15, 0.2) is 79.1 Å². The Morgan fingerprint density at radius 3 is 2.24 bits per heavy atom. The number of rotatable bonds is 4. The first-order valence-electron chi connectivity index (χ1n) is 16.1. The molecule has 0 unspecified atom stereocenters. The second kappa shape index (κ2) is 16.1. The smallest absolute Gasteiger partial charge is 0.265 e. The molecule has 14 heteroatoms. The minimum absolute atomic E-state index is 0.0602. The van der Waals surface area contributed by atoms with Gasteiger partial charge in [0.1, 0.15) is 36.2 Å². The molecule has 49 heavy (non-hydrogen) atoms.